The monoisotopic (exact) mass is 314 g/mol. The fourth-order valence-electron chi connectivity index (χ4n) is 2.99. The first-order valence-electron chi connectivity index (χ1n) is 7.83. The van der Waals surface area contributed by atoms with Gasteiger partial charge in [0, 0.05) is 50.0 Å². The van der Waals surface area contributed by atoms with Gasteiger partial charge in [-0.1, -0.05) is 12.1 Å². The van der Waals surface area contributed by atoms with Crippen molar-refractivity contribution in [1.82, 2.24) is 15.1 Å². The number of rotatable bonds is 6. The zero-order valence-electron chi connectivity index (χ0n) is 13.2. The largest absolute Gasteiger partial charge is 0.373 e. The van der Waals surface area contributed by atoms with Gasteiger partial charge in [-0.15, -0.1) is 0 Å². The molecule has 6 heteroatoms. The minimum absolute atomic E-state index is 0.119. The minimum atomic E-state index is -0.396. The van der Waals surface area contributed by atoms with Crippen LogP contribution in [0.25, 0.3) is 0 Å². The number of nitrogens with one attached hydrogen (secondary N) is 1. The van der Waals surface area contributed by atoms with Crippen LogP contribution in [0.2, 0.25) is 0 Å². The number of ether oxygens (including phenoxy) is 1. The number of amides is 1. The third-order valence-corrected chi connectivity index (χ3v) is 4.24. The Kier molecular flexibility index (Phi) is 4.73. The Bertz CT molecular complexity index is 665. The maximum Gasteiger partial charge on any atom is 0.248 e. The summed E-state index contributed by atoms with van der Waals surface area (Å²) in [7, 11) is 1.92. The van der Waals surface area contributed by atoms with Gasteiger partial charge in [0.05, 0.1) is 12.3 Å². The smallest absolute Gasteiger partial charge is 0.248 e. The SMILES string of the molecule is Cn1cc([C@H]2OCC[C@H]2CNCc2ccc(C(N)=O)cc2)cn1. The molecule has 2 heterocycles. The van der Waals surface area contributed by atoms with Crippen molar-refractivity contribution in [2.75, 3.05) is 13.2 Å². The summed E-state index contributed by atoms with van der Waals surface area (Å²) in [5.41, 5.74) is 8.05. The molecule has 1 amide bonds. The lowest BCUT2D eigenvalue weighted by molar-refractivity contribution is 0.0904. The number of hydrogen-bond donors (Lipinski definition) is 2. The lowest BCUT2D eigenvalue weighted by Gasteiger charge is -2.18. The Morgan fingerprint density at radius 1 is 1.43 bits per heavy atom. The molecule has 0 radical (unpaired) electrons. The van der Waals surface area contributed by atoms with Crippen LogP contribution >= 0.6 is 0 Å². The zero-order valence-corrected chi connectivity index (χ0v) is 13.2. The molecule has 3 rings (SSSR count). The van der Waals surface area contributed by atoms with Crippen molar-refractivity contribution in [2.45, 2.75) is 19.1 Å². The molecule has 1 aliphatic rings. The molecule has 0 bridgehead atoms. The first-order valence-corrected chi connectivity index (χ1v) is 7.83. The van der Waals surface area contributed by atoms with Crippen molar-refractivity contribution in [3.63, 3.8) is 0 Å². The van der Waals surface area contributed by atoms with Gasteiger partial charge < -0.3 is 15.8 Å². The van der Waals surface area contributed by atoms with Gasteiger partial charge in [-0.05, 0) is 24.1 Å². The van der Waals surface area contributed by atoms with Crippen LogP contribution in [0.15, 0.2) is 36.7 Å². The summed E-state index contributed by atoms with van der Waals surface area (Å²) in [5, 5.41) is 7.70. The number of carbonyl (C=O) groups is 1. The molecule has 6 nitrogen and oxygen atoms in total. The molecule has 1 aromatic carbocycles. The fourth-order valence-corrected chi connectivity index (χ4v) is 2.99. The summed E-state index contributed by atoms with van der Waals surface area (Å²) in [6.07, 6.45) is 5.07. The number of benzene rings is 1. The second kappa shape index (κ2) is 6.93. The van der Waals surface area contributed by atoms with Gasteiger partial charge in [0.2, 0.25) is 5.91 Å². The van der Waals surface area contributed by atoms with Gasteiger partial charge in [-0.2, -0.15) is 5.10 Å². The number of aromatic nitrogens is 2. The lowest BCUT2D eigenvalue weighted by atomic mass is 9.97. The number of nitrogens with two attached hydrogens (primary N) is 1. The average Bonchev–Trinajstić information content (AvgIpc) is 3.16. The van der Waals surface area contributed by atoms with Crippen LogP contribution in [0.1, 0.15) is 34.0 Å². The van der Waals surface area contributed by atoms with Gasteiger partial charge in [-0.25, -0.2) is 0 Å². The highest BCUT2D eigenvalue weighted by Gasteiger charge is 2.30. The molecule has 1 saturated heterocycles. The summed E-state index contributed by atoms with van der Waals surface area (Å²) in [4.78, 5) is 11.1. The predicted molar refractivity (Wildman–Crippen MR) is 86.7 cm³/mol. The Hall–Kier alpha value is -2.18. The van der Waals surface area contributed by atoms with E-state index in [2.05, 4.69) is 10.4 Å². The molecule has 122 valence electrons. The first-order chi connectivity index (χ1) is 11.1. The summed E-state index contributed by atoms with van der Waals surface area (Å²) in [5.74, 6) is 0.0519. The van der Waals surface area contributed by atoms with E-state index in [1.807, 2.05) is 36.3 Å². The maximum absolute atomic E-state index is 11.1. The van der Waals surface area contributed by atoms with E-state index in [0.29, 0.717) is 11.5 Å². The molecule has 0 aliphatic carbocycles. The summed E-state index contributed by atoms with van der Waals surface area (Å²) in [6, 6.07) is 7.38. The molecule has 0 saturated carbocycles. The molecule has 3 N–H and O–H groups in total. The molecule has 1 fully saturated rings. The quantitative estimate of drug-likeness (QED) is 0.844. The van der Waals surface area contributed by atoms with E-state index in [-0.39, 0.29) is 6.10 Å². The van der Waals surface area contributed by atoms with Crippen LogP contribution < -0.4 is 11.1 Å². The van der Waals surface area contributed by atoms with Crippen LogP contribution in [0, 0.1) is 5.92 Å². The average molecular weight is 314 g/mol. The van der Waals surface area contributed by atoms with E-state index in [0.717, 1.165) is 37.2 Å². The van der Waals surface area contributed by atoms with Gasteiger partial charge in [0.15, 0.2) is 0 Å². The maximum atomic E-state index is 11.1. The van der Waals surface area contributed by atoms with Crippen LogP contribution in [0.4, 0.5) is 0 Å². The summed E-state index contributed by atoms with van der Waals surface area (Å²) < 4.78 is 7.67. The molecule has 1 aliphatic heterocycles. The van der Waals surface area contributed by atoms with Crippen molar-refractivity contribution in [3.8, 4) is 0 Å². The minimum Gasteiger partial charge on any atom is -0.373 e. The Morgan fingerprint density at radius 2 is 2.22 bits per heavy atom. The van der Waals surface area contributed by atoms with Crippen molar-refractivity contribution >= 4 is 5.91 Å². The van der Waals surface area contributed by atoms with Crippen LogP contribution in [0.5, 0.6) is 0 Å². The molecule has 0 spiro atoms. The van der Waals surface area contributed by atoms with E-state index in [1.165, 1.54) is 0 Å². The number of hydrogen-bond acceptors (Lipinski definition) is 4. The summed E-state index contributed by atoms with van der Waals surface area (Å²) >= 11 is 0. The van der Waals surface area contributed by atoms with E-state index in [4.69, 9.17) is 10.5 Å². The third kappa shape index (κ3) is 3.78. The molecule has 0 unspecified atom stereocenters. The standard InChI is InChI=1S/C17H22N4O2/c1-21-11-15(10-20-21)16-14(6-7-23-16)9-19-8-12-2-4-13(5-3-12)17(18)22/h2-5,10-11,14,16,19H,6-9H2,1H3,(H2,18,22)/t14-,16-/m0/s1. The molecule has 1 aromatic heterocycles. The zero-order chi connectivity index (χ0) is 16.2. The van der Waals surface area contributed by atoms with Crippen LogP contribution in [-0.4, -0.2) is 28.8 Å². The van der Waals surface area contributed by atoms with Crippen LogP contribution in [-0.2, 0) is 18.3 Å². The number of nitrogens with zero attached hydrogens (tertiary/aromatic N) is 2. The van der Waals surface area contributed by atoms with E-state index in [1.54, 1.807) is 12.1 Å². The van der Waals surface area contributed by atoms with Gasteiger partial charge in [0.1, 0.15) is 0 Å². The molecule has 23 heavy (non-hydrogen) atoms. The van der Waals surface area contributed by atoms with Crippen molar-refractivity contribution in [1.29, 1.82) is 0 Å². The van der Waals surface area contributed by atoms with Crippen molar-refractivity contribution < 1.29 is 9.53 Å². The second-order valence-electron chi connectivity index (χ2n) is 5.98. The molecular weight excluding hydrogens is 292 g/mol. The van der Waals surface area contributed by atoms with Crippen molar-refractivity contribution in [3.05, 3.63) is 53.3 Å². The number of aryl methyl sites for hydroxylation is 1. The molecular formula is C17H22N4O2. The Balaban J connectivity index is 1.52. The van der Waals surface area contributed by atoms with Gasteiger partial charge in [-0.3, -0.25) is 9.48 Å². The Labute approximate surface area is 135 Å². The van der Waals surface area contributed by atoms with Crippen molar-refractivity contribution in [2.24, 2.45) is 18.7 Å². The topological polar surface area (TPSA) is 82.2 Å². The highest BCUT2D eigenvalue weighted by atomic mass is 16.5. The van der Waals surface area contributed by atoms with E-state index in [9.17, 15) is 4.79 Å². The van der Waals surface area contributed by atoms with Gasteiger partial charge >= 0.3 is 0 Å². The number of carbonyl (C=O) groups excluding carboxylic acids is 1. The highest BCUT2D eigenvalue weighted by molar-refractivity contribution is 5.92. The first kappa shape index (κ1) is 15.7. The van der Waals surface area contributed by atoms with E-state index >= 15 is 0 Å². The highest BCUT2D eigenvalue weighted by Crippen LogP contribution is 2.33. The van der Waals surface area contributed by atoms with Crippen LogP contribution in [0.3, 0.4) is 0 Å². The lowest BCUT2D eigenvalue weighted by Crippen LogP contribution is -2.24. The van der Waals surface area contributed by atoms with Gasteiger partial charge in [0.25, 0.3) is 0 Å². The van der Waals surface area contributed by atoms with E-state index < -0.39 is 5.91 Å². The summed E-state index contributed by atoms with van der Waals surface area (Å²) in [6.45, 7) is 2.44. The Morgan fingerprint density at radius 3 is 2.87 bits per heavy atom. The predicted octanol–water partition coefficient (Wildman–Crippen LogP) is 1.39. The normalized spacial score (nSPS) is 20.7. The molecule has 2 atom stereocenters. The fraction of sp³-hybridized carbons (Fsp3) is 0.412. The third-order valence-electron chi connectivity index (χ3n) is 4.24. The molecule has 2 aromatic rings. The number of primary amides is 1. The second-order valence-corrected chi connectivity index (χ2v) is 5.98.